The van der Waals surface area contributed by atoms with Crippen LogP contribution in [0, 0.1) is 6.92 Å². The monoisotopic (exact) mass is 303 g/mol. The van der Waals surface area contributed by atoms with Crippen molar-refractivity contribution >= 4 is 22.7 Å². The molecule has 5 heteroatoms. The summed E-state index contributed by atoms with van der Waals surface area (Å²) < 4.78 is 1.84. The predicted octanol–water partition coefficient (Wildman–Crippen LogP) is 2.80. The van der Waals surface area contributed by atoms with Crippen LogP contribution in [0.1, 0.15) is 52.2 Å². The molecule has 1 aromatic heterocycles. The zero-order valence-electron chi connectivity index (χ0n) is 13.1. The summed E-state index contributed by atoms with van der Waals surface area (Å²) in [5.41, 5.74) is 3.01. The molecule has 0 saturated carbocycles. The van der Waals surface area contributed by atoms with Crippen LogP contribution < -0.4 is 0 Å². The van der Waals surface area contributed by atoms with Crippen LogP contribution >= 0.6 is 0 Å². The van der Waals surface area contributed by atoms with Crippen LogP contribution in [0.25, 0.3) is 10.9 Å². The second kappa shape index (κ2) is 6.32. The molecule has 0 bridgehead atoms. The van der Waals surface area contributed by atoms with E-state index in [0.29, 0.717) is 35.9 Å². The highest BCUT2D eigenvalue weighted by Gasteiger charge is 2.22. The molecule has 5 nitrogen and oxygen atoms in total. The molecule has 0 aliphatic rings. The van der Waals surface area contributed by atoms with Crippen LogP contribution in [-0.2, 0) is 13.0 Å². The maximum absolute atomic E-state index is 12.0. The number of aryl methyl sites for hydroxylation is 2. The van der Waals surface area contributed by atoms with Gasteiger partial charge in [-0.25, -0.2) is 4.79 Å². The highest BCUT2D eigenvalue weighted by Crippen LogP contribution is 2.31. The zero-order valence-corrected chi connectivity index (χ0v) is 13.1. The molecule has 0 radical (unpaired) electrons. The van der Waals surface area contributed by atoms with Gasteiger partial charge < -0.3 is 14.8 Å². The third kappa shape index (κ3) is 2.64. The molecule has 0 aliphatic heterocycles. The summed E-state index contributed by atoms with van der Waals surface area (Å²) in [4.78, 5) is 23.7. The summed E-state index contributed by atoms with van der Waals surface area (Å²) in [6, 6.07) is 3.57. The van der Waals surface area contributed by atoms with Crippen LogP contribution in [0.15, 0.2) is 12.1 Å². The van der Waals surface area contributed by atoms with E-state index < -0.39 is 5.97 Å². The molecule has 2 aromatic rings. The number of carboxylic acid groups (broad SMARTS) is 1. The number of carbonyl (C=O) groups is 2. The minimum atomic E-state index is -1.00. The zero-order chi connectivity index (χ0) is 16.4. The average Bonchev–Trinajstić information content (AvgIpc) is 2.75. The number of aromatic nitrogens is 1. The van der Waals surface area contributed by atoms with E-state index in [9.17, 15) is 14.7 Å². The van der Waals surface area contributed by atoms with Crippen molar-refractivity contribution < 1.29 is 19.8 Å². The van der Waals surface area contributed by atoms with Gasteiger partial charge in [-0.1, -0.05) is 6.92 Å². The number of rotatable bonds is 6. The average molecular weight is 303 g/mol. The van der Waals surface area contributed by atoms with Crippen LogP contribution in [0.3, 0.4) is 0 Å². The Bertz CT molecular complexity index is 743. The van der Waals surface area contributed by atoms with Crippen molar-refractivity contribution in [1.82, 2.24) is 4.57 Å². The number of benzene rings is 1. The lowest BCUT2D eigenvalue weighted by atomic mass is 10.0. The van der Waals surface area contributed by atoms with Crippen LogP contribution in [-0.4, -0.2) is 33.1 Å². The van der Waals surface area contributed by atoms with E-state index >= 15 is 0 Å². The Morgan fingerprint density at radius 1 is 1.27 bits per heavy atom. The number of aromatic carboxylic acids is 1. The molecular weight excluding hydrogens is 282 g/mol. The first kappa shape index (κ1) is 16.2. The minimum Gasteiger partial charge on any atom is -0.478 e. The van der Waals surface area contributed by atoms with E-state index in [1.165, 1.54) is 6.92 Å². The van der Waals surface area contributed by atoms with Crippen molar-refractivity contribution in [2.45, 2.75) is 40.2 Å². The van der Waals surface area contributed by atoms with Crippen molar-refractivity contribution in [3.8, 4) is 0 Å². The van der Waals surface area contributed by atoms with Crippen molar-refractivity contribution in [2.75, 3.05) is 6.61 Å². The van der Waals surface area contributed by atoms with Gasteiger partial charge in [0.05, 0.1) is 11.1 Å². The molecule has 0 aliphatic carbocycles. The third-order valence-electron chi connectivity index (χ3n) is 4.01. The maximum Gasteiger partial charge on any atom is 0.337 e. The number of fused-ring (bicyclic) bond motifs is 1. The largest absolute Gasteiger partial charge is 0.478 e. The van der Waals surface area contributed by atoms with Crippen LogP contribution in [0.5, 0.6) is 0 Å². The number of aliphatic hydroxyl groups is 1. The number of Topliss-reactive ketones (excluding diaryl/α,β-unsaturated/α-hetero) is 1. The molecule has 0 fully saturated rings. The second-order valence-corrected chi connectivity index (χ2v) is 5.44. The van der Waals surface area contributed by atoms with Gasteiger partial charge in [0.15, 0.2) is 5.78 Å². The lowest BCUT2D eigenvalue weighted by Gasteiger charge is -2.10. The fourth-order valence-corrected chi connectivity index (χ4v) is 2.99. The van der Waals surface area contributed by atoms with Crippen LogP contribution in [0.2, 0.25) is 0 Å². The van der Waals surface area contributed by atoms with Gasteiger partial charge in [0.25, 0.3) is 0 Å². The third-order valence-corrected chi connectivity index (χ3v) is 4.01. The molecule has 0 amide bonds. The molecule has 2 rings (SSSR count). The fourth-order valence-electron chi connectivity index (χ4n) is 2.99. The first-order chi connectivity index (χ1) is 10.4. The van der Waals surface area contributed by atoms with Crippen LogP contribution in [0.4, 0.5) is 0 Å². The Hall–Kier alpha value is -2.14. The number of carbonyl (C=O) groups excluding carboxylic acids is 1. The Balaban J connectivity index is 2.90. The first-order valence-electron chi connectivity index (χ1n) is 7.43. The van der Waals surface area contributed by atoms with Gasteiger partial charge in [0.2, 0.25) is 0 Å². The number of hydrogen-bond donors (Lipinski definition) is 2. The van der Waals surface area contributed by atoms with Crippen molar-refractivity contribution in [1.29, 1.82) is 0 Å². The molecule has 0 saturated heterocycles. The lowest BCUT2D eigenvalue weighted by molar-refractivity contribution is 0.0698. The first-order valence-corrected chi connectivity index (χ1v) is 7.43. The predicted molar refractivity (Wildman–Crippen MR) is 84.7 cm³/mol. The number of hydrogen-bond acceptors (Lipinski definition) is 3. The van der Waals surface area contributed by atoms with E-state index in [1.54, 1.807) is 6.07 Å². The molecule has 1 heterocycles. The summed E-state index contributed by atoms with van der Waals surface area (Å²) in [5, 5.41) is 19.3. The molecular formula is C17H21NO4. The summed E-state index contributed by atoms with van der Waals surface area (Å²) in [7, 11) is 0. The number of ketones is 1. The van der Waals surface area contributed by atoms with Gasteiger partial charge in [-0.3, -0.25) is 4.79 Å². The summed E-state index contributed by atoms with van der Waals surface area (Å²) >= 11 is 0. The fraction of sp³-hybridized carbons (Fsp3) is 0.412. The van der Waals surface area contributed by atoms with Gasteiger partial charge in [-0.05, 0) is 44.4 Å². The molecule has 2 N–H and O–H groups in total. The molecule has 22 heavy (non-hydrogen) atoms. The summed E-state index contributed by atoms with van der Waals surface area (Å²) in [5.74, 6) is -1.08. The van der Waals surface area contributed by atoms with E-state index in [4.69, 9.17) is 5.11 Å². The smallest absolute Gasteiger partial charge is 0.337 e. The van der Waals surface area contributed by atoms with E-state index in [0.717, 1.165) is 11.3 Å². The quantitative estimate of drug-likeness (QED) is 0.804. The molecule has 0 spiro atoms. The Morgan fingerprint density at radius 2 is 1.95 bits per heavy atom. The number of carboxylic acids is 1. The highest BCUT2D eigenvalue weighted by molar-refractivity contribution is 6.13. The van der Waals surface area contributed by atoms with Gasteiger partial charge in [-0.2, -0.15) is 0 Å². The van der Waals surface area contributed by atoms with Crippen molar-refractivity contribution in [3.05, 3.63) is 34.5 Å². The number of aliphatic hydroxyl groups excluding tert-OH is 1. The lowest BCUT2D eigenvalue weighted by Crippen LogP contribution is -2.07. The van der Waals surface area contributed by atoms with Crippen molar-refractivity contribution in [2.24, 2.45) is 0 Å². The van der Waals surface area contributed by atoms with E-state index in [1.807, 2.05) is 24.5 Å². The second-order valence-electron chi connectivity index (χ2n) is 5.44. The topological polar surface area (TPSA) is 79.5 Å². The van der Waals surface area contributed by atoms with E-state index in [2.05, 4.69) is 0 Å². The van der Waals surface area contributed by atoms with Gasteiger partial charge in [0.1, 0.15) is 0 Å². The Kier molecular flexibility index (Phi) is 4.66. The summed E-state index contributed by atoms with van der Waals surface area (Å²) in [6.07, 6.45) is 1.21. The van der Waals surface area contributed by atoms with Gasteiger partial charge in [0, 0.05) is 29.8 Å². The maximum atomic E-state index is 12.0. The molecule has 0 unspecified atom stereocenters. The molecule has 1 aromatic carbocycles. The van der Waals surface area contributed by atoms with E-state index in [-0.39, 0.29) is 18.0 Å². The van der Waals surface area contributed by atoms with Gasteiger partial charge >= 0.3 is 5.97 Å². The highest BCUT2D eigenvalue weighted by atomic mass is 16.4. The Morgan fingerprint density at radius 3 is 2.45 bits per heavy atom. The molecule has 0 atom stereocenters. The minimum absolute atomic E-state index is 0.0178. The standard InChI is InChI=1S/C17H21NO4/c1-4-12-8-13-15(11(3)20)10(2)18(6-5-7-19)16(13)14(9-12)17(21)22/h8-9,19H,4-7H2,1-3H3,(H,21,22). The number of nitrogens with zero attached hydrogens (tertiary/aromatic N) is 1. The molecule has 118 valence electrons. The SMILES string of the molecule is CCc1cc(C(=O)O)c2c(c1)c(C(C)=O)c(C)n2CCCO. The normalized spacial score (nSPS) is 11.1. The van der Waals surface area contributed by atoms with Gasteiger partial charge in [-0.15, -0.1) is 0 Å². The Labute approximate surface area is 129 Å². The van der Waals surface area contributed by atoms with Crippen molar-refractivity contribution in [3.63, 3.8) is 0 Å². The summed E-state index contributed by atoms with van der Waals surface area (Å²) in [6.45, 7) is 5.78.